The standard InChI is InChI=1S/C22H26N4O2/c1-4-5-10-27-18-8-6-17(7-9-18)26-21-20(23)22(25-14-24-21)28-19-12-15(2)11-16(3)13-19/h6-9,11-14H,4-5,10,23H2,1-3H3,(H,24,25,26). The zero-order valence-corrected chi connectivity index (χ0v) is 16.5. The summed E-state index contributed by atoms with van der Waals surface area (Å²) in [6.07, 6.45) is 3.58. The second kappa shape index (κ2) is 9.08. The fourth-order valence-corrected chi connectivity index (χ4v) is 2.77. The molecule has 0 aliphatic rings. The summed E-state index contributed by atoms with van der Waals surface area (Å²) in [6.45, 7) is 6.90. The molecule has 2 aromatic carbocycles. The molecule has 146 valence electrons. The molecule has 0 saturated heterocycles. The number of benzene rings is 2. The zero-order chi connectivity index (χ0) is 19.9. The molecule has 6 heteroatoms. The molecule has 0 amide bonds. The number of aromatic nitrogens is 2. The number of aryl methyl sites for hydroxylation is 2. The first-order chi connectivity index (χ1) is 13.5. The number of nitrogens with zero attached hydrogens (tertiary/aromatic N) is 2. The molecule has 0 spiro atoms. The number of rotatable bonds is 8. The van der Waals surface area contributed by atoms with Crippen LogP contribution in [0.3, 0.4) is 0 Å². The Labute approximate surface area is 165 Å². The minimum absolute atomic E-state index is 0.321. The molecule has 1 aromatic heterocycles. The molecule has 0 saturated carbocycles. The van der Waals surface area contributed by atoms with Crippen molar-refractivity contribution < 1.29 is 9.47 Å². The maximum absolute atomic E-state index is 6.23. The topological polar surface area (TPSA) is 82.3 Å². The predicted octanol–water partition coefficient (Wildman–Crippen LogP) is 5.39. The van der Waals surface area contributed by atoms with Gasteiger partial charge in [0.05, 0.1) is 6.61 Å². The van der Waals surface area contributed by atoms with Crippen molar-refractivity contribution in [2.75, 3.05) is 17.7 Å². The highest BCUT2D eigenvalue weighted by Gasteiger charge is 2.11. The summed E-state index contributed by atoms with van der Waals surface area (Å²) in [7, 11) is 0. The lowest BCUT2D eigenvalue weighted by molar-refractivity contribution is 0.309. The van der Waals surface area contributed by atoms with Gasteiger partial charge in [-0.25, -0.2) is 4.98 Å². The maximum atomic E-state index is 6.23. The van der Waals surface area contributed by atoms with Crippen molar-refractivity contribution in [1.82, 2.24) is 9.97 Å². The third kappa shape index (κ3) is 5.13. The predicted molar refractivity (Wildman–Crippen MR) is 113 cm³/mol. The normalized spacial score (nSPS) is 10.5. The summed E-state index contributed by atoms with van der Waals surface area (Å²) >= 11 is 0. The van der Waals surface area contributed by atoms with E-state index in [-0.39, 0.29) is 0 Å². The average molecular weight is 378 g/mol. The Morgan fingerprint density at radius 1 is 0.964 bits per heavy atom. The number of hydrogen-bond acceptors (Lipinski definition) is 6. The van der Waals surface area contributed by atoms with Gasteiger partial charge in [-0.3, -0.25) is 0 Å². The number of nitrogens with two attached hydrogens (primary N) is 1. The largest absolute Gasteiger partial charge is 0.494 e. The number of nitrogens with one attached hydrogen (secondary N) is 1. The van der Waals surface area contributed by atoms with E-state index in [1.165, 1.54) is 6.33 Å². The Morgan fingerprint density at radius 3 is 2.36 bits per heavy atom. The van der Waals surface area contributed by atoms with E-state index in [9.17, 15) is 0 Å². The fraction of sp³-hybridized carbons (Fsp3) is 0.273. The molecule has 0 aliphatic heterocycles. The lowest BCUT2D eigenvalue weighted by atomic mass is 10.1. The summed E-state index contributed by atoms with van der Waals surface area (Å²) in [5, 5.41) is 3.20. The summed E-state index contributed by atoms with van der Waals surface area (Å²) < 4.78 is 11.6. The second-order valence-corrected chi connectivity index (χ2v) is 6.72. The van der Waals surface area contributed by atoms with E-state index in [0.29, 0.717) is 23.1 Å². The van der Waals surface area contributed by atoms with Crippen molar-refractivity contribution in [3.8, 4) is 17.4 Å². The van der Waals surface area contributed by atoms with Crippen LogP contribution in [0, 0.1) is 13.8 Å². The molecule has 0 fully saturated rings. The van der Waals surface area contributed by atoms with Crippen molar-refractivity contribution >= 4 is 17.2 Å². The van der Waals surface area contributed by atoms with Crippen LogP contribution in [0.4, 0.5) is 17.2 Å². The lowest BCUT2D eigenvalue weighted by Gasteiger charge is -2.13. The van der Waals surface area contributed by atoms with Crippen LogP contribution in [0.25, 0.3) is 0 Å². The van der Waals surface area contributed by atoms with Gasteiger partial charge < -0.3 is 20.5 Å². The molecule has 3 N–H and O–H groups in total. The molecule has 28 heavy (non-hydrogen) atoms. The molecule has 1 heterocycles. The molecule has 6 nitrogen and oxygen atoms in total. The number of ether oxygens (including phenoxy) is 2. The van der Waals surface area contributed by atoms with Crippen LogP contribution in [-0.2, 0) is 0 Å². The molecule has 0 bridgehead atoms. The minimum atomic E-state index is 0.321. The Morgan fingerprint density at radius 2 is 1.68 bits per heavy atom. The van der Waals surface area contributed by atoms with Gasteiger partial charge in [0.1, 0.15) is 23.5 Å². The monoisotopic (exact) mass is 378 g/mol. The summed E-state index contributed by atoms with van der Waals surface area (Å²) in [5.41, 5.74) is 9.66. The average Bonchev–Trinajstić information content (AvgIpc) is 2.66. The van der Waals surface area contributed by atoms with Crippen LogP contribution < -0.4 is 20.5 Å². The quantitative estimate of drug-likeness (QED) is 0.511. The number of hydrogen-bond donors (Lipinski definition) is 2. The molecule has 0 unspecified atom stereocenters. The van der Waals surface area contributed by atoms with Gasteiger partial charge in [-0.2, -0.15) is 4.98 Å². The van der Waals surface area contributed by atoms with E-state index in [1.807, 2.05) is 50.2 Å². The molecule has 3 aromatic rings. The highest BCUT2D eigenvalue weighted by Crippen LogP contribution is 2.32. The number of unbranched alkanes of at least 4 members (excludes halogenated alkanes) is 1. The van der Waals surface area contributed by atoms with E-state index in [4.69, 9.17) is 15.2 Å². The summed E-state index contributed by atoms with van der Waals surface area (Å²) in [6, 6.07) is 13.7. The van der Waals surface area contributed by atoms with Gasteiger partial charge in [-0.1, -0.05) is 19.4 Å². The van der Waals surface area contributed by atoms with E-state index in [2.05, 4.69) is 28.3 Å². The summed E-state index contributed by atoms with van der Waals surface area (Å²) in [5.74, 6) is 2.35. The van der Waals surface area contributed by atoms with Crippen LogP contribution in [0.1, 0.15) is 30.9 Å². The smallest absolute Gasteiger partial charge is 0.248 e. The first kappa shape index (κ1) is 19.5. The first-order valence-corrected chi connectivity index (χ1v) is 9.41. The Bertz CT molecular complexity index is 906. The highest BCUT2D eigenvalue weighted by atomic mass is 16.5. The van der Waals surface area contributed by atoms with E-state index in [0.717, 1.165) is 42.0 Å². The van der Waals surface area contributed by atoms with Crippen LogP contribution in [0.2, 0.25) is 0 Å². The van der Waals surface area contributed by atoms with Crippen molar-refractivity contribution in [2.24, 2.45) is 0 Å². The number of nitrogen functional groups attached to an aromatic ring is 1. The van der Waals surface area contributed by atoms with Gasteiger partial charge in [0, 0.05) is 5.69 Å². The lowest BCUT2D eigenvalue weighted by Crippen LogP contribution is -2.03. The third-order valence-corrected chi connectivity index (χ3v) is 4.14. The van der Waals surface area contributed by atoms with Crippen molar-refractivity contribution in [1.29, 1.82) is 0 Å². The van der Waals surface area contributed by atoms with Crippen molar-refractivity contribution in [3.05, 3.63) is 59.9 Å². The fourth-order valence-electron chi connectivity index (χ4n) is 2.77. The first-order valence-electron chi connectivity index (χ1n) is 9.41. The third-order valence-electron chi connectivity index (χ3n) is 4.14. The molecule has 0 radical (unpaired) electrons. The van der Waals surface area contributed by atoms with Crippen molar-refractivity contribution in [3.63, 3.8) is 0 Å². The minimum Gasteiger partial charge on any atom is -0.494 e. The van der Waals surface area contributed by atoms with E-state index >= 15 is 0 Å². The molecule has 3 rings (SSSR count). The zero-order valence-electron chi connectivity index (χ0n) is 16.5. The van der Waals surface area contributed by atoms with Crippen molar-refractivity contribution in [2.45, 2.75) is 33.6 Å². The van der Waals surface area contributed by atoms with Gasteiger partial charge in [0.2, 0.25) is 5.88 Å². The van der Waals surface area contributed by atoms with Crippen LogP contribution in [0.15, 0.2) is 48.8 Å². The van der Waals surface area contributed by atoms with Gasteiger partial charge in [0.25, 0.3) is 0 Å². The SMILES string of the molecule is CCCCOc1ccc(Nc2ncnc(Oc3cc(C)cc(C)c3)c2N)cc1. The highest BCUT2D eigenvalue weighted by molar-refractivity contribution is 5.72. The number of anilines is 3. The van der Waals surface area contributed by atoms with Crippen LogP contribution >= 0.6 is 0 Å². The van der Waals surface area contributed by atoms with Crippen LogP contribution in [0.5, 0.6) is 17.4 Å². The Balaban J connectivity index is 1.72. The van der Waals surface area contributed by atoms with E-state index in [1.54, 1.807) is 0 Å². The Kier molecular flexibility index (Phi) is 6.32. The van der Waals surface area contributed by atoms with Gasteiger partial charge in [0.15, 0.2) is 5.82 Å². The van der Waals surface area contributed by atoms with Crippen LogP contribution in [-0.4, -0.2) is 16.6 Å². The van der Waals surface area contributed by atoms with E-state index < -0.39 is 0 Å². The maximum Gasteiger partial charge on any atom is 0.248 e. The molecular formula is C22H26N4O2. The Hall–Kier alpha value is -3.28. The van der Waals surface area contributed by atoms with Gasteiger partial charge in [-0.05, 0) is 67.8 Å². The molecule has 0 aliphatic carbocycles. The summed E-state index contributed by atoms with van der Waals surface area (Å²) in [4.78, 5) is 8.41. The van der Waals surface area contributed by atoms with Gasteiger partial charge in [-0.15, -0.1) is 0 Å². The van der Waals surface area contributed by atoms with Gasteiger partial charge >= 0.3 is 0 Å². The molecule has 0 atom stereocenters. The molecular weight excluding hydrogens is 352 g/mol. The second-order valence-electron chi connectivity index (χ2n) is 6.72.